The quantitative estimate of drug-likeness (QED) is 0.437. The number of hydrogen-bond acceptors (Lipinski definition) is 2. The Labute approximate surface area is 85.6 Å². The first-order valence-electron chi connectivity index (χ1n) is 5.35. The average molecular weight is 194 g/mol. The maximum Gasteiger partial charge on any atom is 0.309 e. The van der Waals surface area contributed by atoms with E-state index in [4.69, 9.17) is 4.74 Å². The van der Waals surface area contributed by atoms with Crippen LogP contribution >= 0.6 is 0 Å². The zero-order valence-corrected chi connectivity index (χ0v) is 8.58. The van der Waals surface area contributed by atoms with Gasteiger partial charge in [-0.3, -0.25) is 4.79 Å². The highest BCUT2D eigenvalue weighted by Crippen LogP contribution is 2.03. The van der Waals surface area contributed by atoms with E-state index in [-0.39, 0.29) is 5.97 Å². The zero-order chi connectivity index (χ0) is 10.1. The van der Waals surface area contributed by atoms with Gasteiger partial charge in [0, 0.05) is 0 Å². The van der Waals surface area contributed by atoms with E-state index < -0.39 is 0 Å². The number of carbonyl (C=O) groups is 1. The lowest BCUT2D eigenvalue weighted by atomic mass is 10.2. The Morgan fingerprint density at radius 1 is 1.00 bits per heavy atom. The van der Waals surface area contributed by atoms with Crippen molar-refractivity contribution in [3.05, 3.63) is 24.3 Å². The summed E-state index contributed by atoms with van der Waals surface area (Å²) in [6, 6.07) is 0. The van der Waals surface area contributed by atoms with Crippen LogP contribution in [-0.2, 0) is 9.53 Å². The molecule has 2 nitrogen and oxygen atoms in total. The lowest BCUT2D eigenvalue weighted by Gasteiger charge is -2.01. The van der Waals surface area contributed by atoms with E-state index in [1.807, 2.05) is 12.2 Å². The predicted molar refractivity (Wildman–Crippen MR) is 56.9 cm³/mol. The van der Waals surface area contributed by atoms with Crippen LogP contribution in [0.4, 0.5) is 0 Å². The molecule has 0 saturated carbocycles. The maximum atomic E-state index is 11.1. The van der Waals surface area contributed by atoms with Crippen LogP contribution in [0.3, 0.4) is 0 Å². The van der Waals surface area contributed by atoms with Gasteiger partial charge in [0.2, 0.25) is 0 Å². The van der Waals surface area contributed by atoms with Gasteiger partial charge < -0.3 is 4.74 Å². The van der Waals surface area contributed by atoms with E-state index in [0.717, 1.165) is 25.7 Å². The summed E-state index contributed by atoms with van der Waals surface area (Å²) in [5, 5.41) is 0. The van der Waals surface area contributed by atoms with Gasteiger partial charge in [0.25, 0.3) is 0 Å². The zero-order valence-electron chi connectivity index (χ0n) is 8.58. The van der Waals surface area contributed by atoms with Crippen LogP contribution in [0.1, 0.15) is 38.5 Å². The van der Waals surface area contributed by atoms with Gasteiger partial charge in [0.1, 0.15) is 0 Å². The van der Waals surface area contributed by atoms with Gasteiger partial charge >= 0.3 is 5.97 Å². The Balaban J connectivity index is 2.32. The number of carbonyl (C=O) groups excluding carboxylic acids is 1. The number of esters is 1. The smallest absolute Gasteiger partial charge is 0.309 e. The highest BCUT2D eigenvalue weighted by molar-refractivity contribution is 5.71. The molecule has 0 radical (unpaired) electrons. The van der Waals surface area contributed by atoms with Gasteiger partial charge in [0.15, 0.2) is 0 Å². The highest BCUT2D eigenvalue weighted by Gasteiger charge is 1.98. The van der Waals surface area contributed by atoms with Crippen LogP contribution in [0.5, 0.6) is 0 Å². The summed E-state index contributed by atoms with van der Waals surface area (Å²) >= 11 is 0. The molecule has 0 N–H and O–H groups in total. The fourth-order valence-corrected chi connectivity index (χ4v) is 1.35. The summed E-state index contributed by atoms with van der Waals surface area (Å²) in [7, 11) is 0. The summed E-state index contributed by atoms with van der Waals surface area (Å²) in [6.45, 7) is 0.580. The van der Waals surface area contributed by atoms with E-state index >= 15 is 0 Å². The van der Waals surface area contributed by atoms with E-state index in [9.17, 15) is 4.79 Å². The fourth-order valence-electron chi connectivity index (χ4n) is 1.35. The van der Waals surface area contributed by atoms with Crippen LogP contribution < -0.4 is 0 Å². The monoisotopic (exact) mass is 194 g/mol. The Morgan fingerprint density at radius 2 is 1.86 bits per heavy atom. The third kappa shape index (κ3) is 5.57. The molecule has 1 heterocycles. The average Bonchev–Trinajstić information content (AvgIpc) is 2.20. The van der Waals surface area contributed by atoms with Crippen LogP contribution in [0.2, 0.25) is 0 Å². The van der Waals surface area contributed by atoms with Gasteiger partial charge in [-0.2, -0.15) is 0 Å². The largest absolute Gasteiger partial charge is 0.465 e. The number of allylic oxidation sites excluding steroid dienone is 3. The van der Waals surface area contributed by atoms with Crippen molar-refractivity contribution in [2.24, 2.45) is 0 Å². The summed E-state index contributed by atoms with van der Waals surface area (Å²) in [6.07, 6.45) is 14.1. The molecule has 14 heavy (non-hydrogen) atoms. The molecule has 1 aliphatic rings. The molecule has 0 amide bonds. The molecule has 0 aromatic rings. The van der Waals surface area contributed by atoms with Crippen molar-refractivity contribution in [1.29, 1.82) is 0 Å². The molecule has 0 unspecified atom stereocenters. The van der Waals surface area contributed by atoms with Gasteiger partial charge in [0.05, 0.1) is 13.0 Å². The minimum absolute atomic E-state index is 0.107. The lowest BCUT2D eigenvalue weighted by Crippen LogP contribution is -2.04. The third-order valence-corrected chi connectivity index (χ3v) is 2.17. The van der Waals surface area contributed by atoms with Crippen LogP contribution in [0, 0.1) is 0 Å². The molecular weight excluding hydrogens is 176 g/mol. The van der Waals surface area contributed by atoms with Crippen molar-refractivity contribution < 1.29 is 9.53 Å². The molecule has 0 aromatic carbocycles. The topological polar surface area (TPSA) is 26.3 Å². The highest BCUT2D eigenvalue weighted by atomic mass is 16.5. The molecule has 0 aromatic heterocycles. The van der Waals surface area contributed by atoms with Gasteiger partial charge in [-0.05, 0) is 32.1 Å². The summed E-state index contributed by atoms with van der Waals surface area (Å²) in [5.41, 5.74) is 0. The van der Waals surface area contributed by atoms with Crippen LogP contribution in [0.15, 0.2) is 24.3 Å². The van der Waals surface area contributed by atoms with E-state index in [1.165, 1.54) is 6.42 Å². The van der Waals surface area contributed by atoms with Gasteiger partial charge in [-0.25, -0.2) is 0 Å². The SMILES string of the molecule is O=C1C/C=C/C/C=C/CCCCCO1. The fraction of sp³-hybridized carbons (Fsp3) is 0.583. The summed E-state index contributed by atoms with van der Waals surface area (Å²) < 4.78 is 5.04. The number of rotatable bonds is 0. The van der Waals surface area contributed by atoms with Crippen molar-refractivity contribution in [2.75, 3.05) is 6.61 Å². The molecule has 0 fully saturated rings. The minimum Gasteiger partial charge on any atom is -0.465 e. The van der Waals surface area contributed by atoms with E-state index in [0.29, 0.717) is 13.0 Å². The van der Waals surface area contributed by atoms with Gasteiger partial charge in [-0.1, -0.05) is 24.3 Å². The third-order valence-electron chi connectivity index (χ3n) is 2.17. The molecular formula is C12H18O2. The molecule has 78 valence electrons. The van der Waals surface area contributed by atoms with Crippen molar-refractivity contribution in [3.8, 4) is 0 Å². The van der Waals surface area contributed by atoms with E-state index in [2.05, 4.69) is 12.2 Å². The molecule has 0 aliphatic carbocycles. The minimum atomic E-state index is -0.107. The Hall–Kier alpha value is -1.05. The molecule has 1 rings (SSSR count). The number of cyclic esters (lactones) is 1. The number of ether oxygens (including phenoxy) is 1. The van der Waals surface area contributed by atoms with Crippen molar-refractivity contribution >= 4 is 5.97 Å². The molecule has 0 saturated heterocycles. The summed E-state index contributed by atoms with van der Waals surface area (Å²) in [5.74, 6) is -0.107. The van der Waals surface area contributed by atoms with Crippen molar-refractivity contribution in [2.45, 2.75) is 38.5 Å². The standard InChI is InChI=1S/C12H18O2/c13-12-10-8-6-4-2-1-3-5-7-9-11-14-12/h1-2,6,8H,3-5,7,9-11H2/b2-1+,8-6+. The second-order valence-electron chi connectivity index (χ2n) is 3.45. The molecule has 0 atom stereocenters. The summed E-state index contributed by atoms with van der Waals surface area (Å²) in [4.78, 5) is 11.1. The van der Waals surface area contributed by atoms with E-state index in [1.54, 1.807) is 0 Å². The van der Waals surface area contributed by atoms with Crippen molar-refractivity contribution in [3.63, 3.8) is 0 Å². The molecule has 2 heteroatoms. The lowest BCUT2D eigenvalue weighted by molar-refractivity contribution is -0.142. The Morgan fingerprint density at radius 3 is 2.79 bits per heavy atom. The predicted octanol–water partition coefficient (Wildman–Crippen LogP) is 3.00. The maximum absolute atomic E-state index is 11.1. The first-order chi connectivity index (χ1) is 6.89. The second kappa shape index (κ2) is 7.36. The van der Waals surface area contributed by atoms with Crippen molar-refractivity contribution in [1.82, 2.24) is 0 Å². The second-order valence-corrected chi connectivity index (χ2v) is 3.45. The molecule has 0 bridgehead atoms. The number of hydrogen-bond donors (Lipinski definition) is 0. The van der Waals surface area contributed by atoms with Gasteiger partial charge in [-0.15, -0.1) is 0 Å². The normalized spacial score (nSPS) is 25.0. The first kappa shape index (κ1) is 11.0. The Bertz CT molecular complexity index is 216. The first-order valence-corrected chi connectivity index (χ1v) is 5.35. The molecule has 1 aliphatic heterocycles. The Kier molecular flexibility index (Phi) is 5.80. The molecule has 0 spiro atoms. The van der Waals surface area contributed by atoms with Crippen LogP contribution in [0.25, 0.3) is 0 Å². The van der Waals surface area contributed by atoms with Crippen LogP contribution in [-0.4, -0.2) is 12.6 Å².